The van der Waals surface area contributed by atoms with Crippen LogP contribution in [0.4, 0.5) is 0 Å². The van der Waals surface area contributed by atoms with Crippen LogP contribution in [0.1, 0.15) is 29.9 Å². The zero-order chi connectivity index (χ0) is 20.4. The first-order valence-corrected chi connectivity index (χ1v) is 10.9. The maximum atomic E-state index is 13.2. The first-order valence-electron chi connectivity index (χ1n) is 10.1. The number of hydrogen-bond donors (Lipinski definition) is 2. The molecular weight excluding hydrogens is 432 g/mol. The first-order chi connectivity index (χ1) is 14.0. The summed E-state index contributed by atoms with van der Waals surface area (Å²) in [6.07, 6.45) is 2.00. The van der Waals surface area contributed by atoms with Crippen LogP contribution >= 0.6 is 15.9 Å². The van der Waals surface area contributed by atoms with Gasteiger partial charge in [0.15, 0.2) is 0 Å². The van der Waals surface area contributed by atoms with E-state index in [1.807, 2.05) is 42.5 Å². The van der Waals surface area contributed by atoms with Gasteiger partial charge >= 0.3 is 5.97 Å². The number of nitrogens with zero attached hydrogens (tertiary/aromatic N) is 1. The van der Waals surface area contributed by atoms with E-state index < -0.39 is 12.0 Å². The summed E-state index contributed by atoms with van der Waals surface area (Å²) in [6.45, 7) is 1.24. The van der Waals surface area contributed by atoms with Crippen molar-refractivity contribution in [1.82, 2.24) is 10.2 Å². The van der Waals surface area contributed by atoms with E-state index in [9.17, 15) is 14.7 Å². The van der Waals surface area contributed by atoms with Gasteiger partial charge in [0, 0.05) is 17.6 Å². The molecule has 0 spiro atoms. The molecule has 0 saturated carbocycles. The number of carboxylic acids is 1. The molecular formula is C23H25BrN2O3. The van der Waals surface area contributed by atoms with Crippen molar-refractivity contribution in [1.29, 1.82) is 0 Å². The van der Waals surface area contributed by atoms with E-state index in [0.717, 1.165) is 17.4 Å². The topological polar surface area (TPSA) is 69.6 Å². The Kier molecular flexibility index (Phi) is 6.01. The predicted molar refractivity (Wildman–Crippen MR) is 115 cm³/mol. The molecule has 29 heavy (non-hydrogen) atoms. The predicted octanol–water partition coefficient (Wildman–Crippen LogP) is 3.44. The monoisotopic (exact) mass is 456 g/mol. The van der Waals surface area contributed by atoms with E-state index in [4.69, 9.17) is 0 Å². The van der Waals surface area contributed by atoms with Crippen LogP contribution in [0.15, 0.2) is 59.1 Å². The quantitative estimate of drug-likeness (QED) is 0.722. The zero-order valence-electron chi connectivity index (χ0n) is 16.1. The fourth-order valence-corrected chi connectivity index (χ4v) is 4.87. The maximum Gasteiger partial charge on any atom is 0.326 e. The molecule has 2 heterocycles. The number of likely N-dealkylation sites (tertiary alicyclic amines) is 1. The lowest BCUT2D eigenvalue weighted by atomic mass is 9.96. The van der Waals surface area contributed by atoms with Crippen LogP contribution in [-0.4, -0.2) is 47.1 Å². The average Bonchev–Trinajstić information content (AvgIpc) is 3.38. The smallest absolute Gasteiger partial charge is 0.326 e. The minimum Gasteiger partial charge on any atom is -0.480 e. The molecule has 1 amide bonds. The van der Waals surface area contributed by atoms with Crippen molar-refractivity contribution in [3.05, 3.63) is 70.2 Å². The highest BCUT2D eigenvalue weighted by molar-refractivity contribution is 9.10. The van der Waals surface area contributed by atoms with Gasteiger partial charge in [0.05, 0.1) is 6.04 Å². The van der Waals surface area contributed by atoms with E-state index in [1.165, 1.54) is 11.1 Å². The second-order valence-corrected chi connectivity index (χ2v) is 9.00. The molecule has 2 N–H and O–H groups in total. The maximum absolute atomic E-state index is 13.2. The van der Waals surface area contributed by atoms with Crippen LogP contribution in [0.25, 0.3) is 0 Å². The first kappa shape index (κ1) is 20.1. The van der Waals surface area contributed by atoms with Crippen molar-refractivity contribution >= 4 is 27.8 Å². The van der Waals surface area contributed by atoms with Gasteiger partial charge in [-0.3, -0.25) is 4.79 Å². The number of carbonyl (C=O) groups excluding carboxylic acids is 1. The number of amides is 1. The molecule has 0 bridgehead atoms. The van der Waals surface area contributed by atoms with Crippen LogP contribution in [0.3, 0.4) is 0 Å². The van der Waals surface area contributed by atoms with Gasteiger partial charge in [0.1, 0.15) is 6.04 Å². The standard InChI is InChI=1S/C23H25BrN2O3/c24-19-8-6-15(7-9-19)10-16-11-21(23(28)29)26(14-16)22(27)20-12-18(13-25-20)17-4-2-1-3-5-17/h1-9,16,18,20-21,25H,10-14H2,(H,28,29)/t16-,18-,20-,21+/m1/s1. The molecule has 6 heteroatoms. The Bertz CT molecular complexity index is 871. The number of aliphatic carboxylic acids is 1. The van der Waals surface area contributed by atoms with E-state index in [1.54, 1.807) is 4.90 Å². The van der Waals surface area contributed by atoms with Gasteiger partial charge in [-0.1, -0.05) is 58.4 Å². The summed E-state index contributed by atoms with van der Waals surface area (Å²) in [4.78, 5) is 26.6. The second kappa shape index (κ2) is 8.67. The average molecular weight is 457 g/mol. The Labute approximate surface area is 179 Å². The van der Waals surface area contributed by atoms with Crippen molar-refractivity contribution < 1.29 is 14.7 Å². The van der Waals surface area contributed by atoms with E-state index in [2.05, 4.69) is 33.4 Å². The zero-order valence-corrected chi connectivity index (χ0v) is 17.7. The third-order valence-corrected chi connectivity index (χ3v) is 6.62. The molecule has 2 aliphatic rings. The van der Waals surface area contributed by atoms with Crippen LogP contribution in [0.5, 0.6) is 0 Å². The normalized spacial score (nSPS) is 26.6. The summed E-state index contributed by atoms with van der Waals surface area (Å²) in [5, 5.41) is 13.0. The van der Waals surface area contributed by atoms with E-state index in [0.29, 0.717) is 19.4 Å². The summed E-state index contributed by atoms with van der Waals surface area (Å²) >= 11 is 3.44. The van der Waals surface area contributed by atoms with Gasteiger partial charge in [-0.05, 0) is 54.4 Å². The fraction of sp³-hybridized carbons (Fsp3) is 0.391. The molecule has 0 unspecified atom stereocenters. The molecule has 5 nitrogen and oxygen atoms in total. The molecule has 152 valence electrons. The number of halogens is 1. The van der Waals surface area contributed by atoms with Crippen LogP contribution in [0, 0.1) is 5.92 Å². The summed E-state index contributed by atoms with van der Waals surface area (Å²) in [7, 11) is 0. The lowest BCUT2D eigenvalue weighted by Gasteiger charge is -2.25. The lowest BCUT2D eigenvalue weighted by molar-refractivity contribution is -0.148. The van der Waals surface area contributed by atoms with Crippen molar-refractivity contribution in [2.24, 2.45) is 5.92 Å². The van der Waals surface area contributed by atoms with Crippen molar-refractivity contribution in [3.63, 3.8) is 0 Å². The van der Waals surface area contributed by atoms with Crippen molar-refractivity contribution in [2.45, 2.75) is 37.3 Å². The summed E-state index contributed by atoms with van der Waals surface area (Å²) in [6, 6.07) is 17.2. The number of benzene rings is 2. The van der Waals surface area contributed by atoms with Gasteiger partial charge in [0.25, 0.3) is 0 Å². The number of carboxylic acid groups (broad SMARTS) is 1. The molecule has 0 aliphatic carbocycles. The van der Waals surface area contributed by atoms with Crippen LogP contribution < -0.4 is 5.32 Å². The molecule has 0 radical (unpaired) electrons. The molecule has 4 atom stereocenters. The highest BCUT2D eigenvalue weighted by atomic mass is 79.9. The largest absolute Gasteiger partial charge is 0.480 e. The van der Waals surface area contributed by atoms with Gasteiger partial charge in [0.2, 0.25) is 5.91 Å². The van der Waals surface area contributed by atoms with E-state index in [-0.39, 0.29) is 23.8 Å². The molecule has 4 rings (SSSR count). The Morgan fingerprint density at radius 2 is 1.79 bits per heavy atom. The number of rotatable bonds is 5. The number of hydrogen-bond acceptors (Lipinski definition) is 3. The molecule has 0 aromatic heterocycles. The fourth-order valence-electron chi connectivity index (χ4n) is 4.61. The minimum atomic E-state index is -0.908. The molecule has 2 saturated heterocycles. The Hall–Kier alpha value is -2.18. The highest BCUT2D eigenvalue weighted by Gasteiger charge is 2.43. The van der Waals surface area contributed by atoms with Crippen molar-refractivity contribution in [3.8, 4) is 0 Å². The Morgan fingerprint density at radius 1 is 1.07 bits per heavy atom. The van der Waals surface area contributed by atoms with Gasteiger partial charge < -0.3 is 15.3 Å². The van der Waals surface area contributed by atoms with Crippen LogP contribution in [0.2, 0.25) is 0 Å². The number of nitrogens with one attached hydrogen (secondary N) is 1. The van der Waals surface area contributed by atoms with Gasteiger partial charge in [-0.2, -0.15) is 0 Å². The lowest BCUT2D eigenvalue weighted by Crippen LogP contribution is -2.48. The third kappa shape index (κ3) is 4.54. The van der Waals surface area contributed by atoms with E-state index >= 15 is 0 Å². The molecule has 2 aromatic rings. The molecule has 2 aliphatic heterocycles. The summed E-state index contributed by atoms with van der Waals surface area (Å²) in [5.74, 6) is -0.537. The van der Waals surface area contributed by atoms with Gasteiger partial charge in [-0.25, -0.2) is 4.79 Å². The Balaban J connectivity index is 1.42. The second-order valence-electron chi connectivity index (χ2n) is 8.08. The summed E-state index contributed by atoms with van der Waals surface area (Å²) < 4.78 is 1.02. The van der Waals surface area contributed by atoms with Crippen LogP contribution in [-0.2, 0) is 16.0 Å². The Morgan fingerprint density at radius 3 is 2.48 bits per heavy atom. The van der Waals surface area contributed by atoms with Gasteiger partial charge in [-0.15, -0.1) is 0 Å². The summed E-state index contributed by atoms with van der Waals surface area (Å²) in [5.41, 5.74) is 2.39. The molecule has 2 aromatic carbocycles. The SMILES string of the molecule is O=C(O)[C@@H]1C[C@@H](Cc2ccc(Br)cc2)CN1C(=O)[C@H]1C[C@@H](c2ccccc2)CN1. The van der Waals surface area contributed by atoms with Crippen molar-refractivity contribution in [2.75, 3.05) is 13.1 Å². The number of carbonyl (C=O) groups is 2. The highest BCUT2D eigenvalue weighted by Crippen LogP contribution is 2.31. The third-order valence-electron chi connectivity index (χ3n) is 6.09. The minimum absolute atomic E-state index is 0.0749. The molecule has 2 fully saturated rings.